The lowest BCUT2D eigenvalue weighted by Crippen LogP contribution is -2.31. The fourth-order valence-corrected chi connectivity index (χ4v) is 2.89. The Morgan fingerprint density at radius 3 is 2.68 bits per heavy atom. The van der Waals surface area contributed by atoms with Crippen molar-refractivity contribution in [2.75, 3.05) is 6.54 Å². The van der Waals surface area contributed by atoms with E-state index in [-0.39, 0.29) is 12.1 Å². The molecule has 0 spiro atoms. The molecule has 1 heterocycles. The second-order valence-electron chi connectivity index (χ2n) is 5.93. The van der Waals surface area contributed by atoms with Crippen molar-refractivity contribution in [1.29, 1.82) is 0 Å². The van der Waals surface area contributed by atoms with Crippen LogP contribution in [0.2, 0.25) is 0 Å². The Kier molecular flexibility index (Phi) is 7.09. The Bertz CT molecular complexity index is 438. The van der Waals surface area contributed by atoms with Crippen LogP contribution in [0.3, 0.4) is 0 Å². The molecule has 0 bridgehead atoms. The monoisotopic (exact) mass is 305 g/mol. The van der Waals surface area contributed by atoms with Gasteiger partial charge in [-0.2, -0.15) is 5.43 Å². The zero-order valence-corrected chi connectivity index (χ0v) is 13.3. The van der Waals surface area contributed by atoms with Crippen molar-refractivity contribution in [3.8, 4) is 0 Å². The number of carbonyl (C=O) groups is 1. The van der Waals surface area contributed by atoms with Gasteiger partial charge in [0.15, 0.2) is 6.17 Å². The Hall–Kier alpha value is -1.69. The highest BCUT2D eigenvalue weighted by Crippen LogP contribution is 2.22. The summed E-state index contributed by atoms with van der Waals surface area (Å²) >= 11 is 0. The fourth-order valence-electron chi connectivity index (χ4n) is 2.89. The normalized spacial score (nSPS) is 23.0. The number of hydrogen-bond donors (Lipinski definition) is 3. The summed E-state index contributed by atoms with van der Waals surface area (Å²) in [5.74, 6) is 0.798. The van der Waals surface area contributed by atoms with Crippen LogP contribution in [0.1, 0.15) is 51.9 Å². The van der Waals surface area contributed by atoms with Crippen LogP contribution in [-0.4, -0.2) is 18.6 Å². The minimum Gasteiger partial charge on any atom is -0.356 e. The van der Waals surface area contributed by atoms with Gasteiger partial charge in [0.05, 0.1) is 0 Å². The van der Waals surface area contributed by atoms with Gasteiger partial charge in [0.25, 0.3) is 0 Å². The number of rotatable bonds is 7. The molecule has 122 valence electrons. The SMILES string of the molecule is C/C=C(\C/C=C\CC(=O)NCC1CCCCC1)C1N=NNN1. The highest BCUT2D eigenvalue weighted by molar-refractivity contribution is 5.77. The van der Waals surface area contributed by atoms with Crippen molar-refractivity contribution in [1.82, 2.24) is 16.3 Å². The summed E-state index contributed by atoms with van der Waals surface area (Å²) in [4.78, 5) is 11.8. The maximum atomic E-state index is 11.8. The molecule has 1 unspecified atom stereocenters. The van der Waals surface area contributed by atoms with E-state index in [9.17, 15) is 4.79 Å². The van der Waals surface area contributed by atoms with Crippen molar-refractivity contribution in [3.05, 3.63) is 23.8 Å². The second-order valence-corrected chi connectivity index (χ2v) is 5.93. The standard InChI is InChI=1S/C16H27N5O/c1-2-14(16-18-20-21-19-16)10-6-7-11-15(22)17-12-13-8-4-3-5-9-13/h2,6-7,13,16H,3-5,8-12H2,1H3,(H,17,22)(H,18,21)(H,19,20)/b7-6-,14-2+. The fraction of sp³-hybridized carbons (Fsp3) is 0.688. The quantitative estimate of drug-likeness (QED) is 0.633. The molecule has 0 saturated heterocycles. The lowest BCUT2D eigenvalue weighted by molar-refractivity contribution is -0.120. The molecule has 2 rings (SSSR count). The highest BCUT2D eigenvalue weighted by atomic mass is 16.1. The van der Waals surface area contributed by atoms with E-state index in [0.717, 1.165) is 18.5 Å². The molecule has 1 aliphatic carbocycles. The molecule has 1 amide bonds. The Labute approximate surface area is 132 Å². The molecular formula is C16H27N5O. The number of hydrogen-bond acceptors (Lipinski definition) is 5. The van der Waals surface area contributed by atoms with E-state index in [1.807, 2.05) is 25.2 Å². The molecule has 1 atom stereocenters. The van der Waals surface area contributed by atoms with Crippen LogP contribution in [0.5, 0.6) is 0 Å². The molecule has 2 aliphatic rings. The minimum absolute atomic E-state index is 0.102. The summed E-state index contributed by atoms with van der Waals surface area (Å²) in [6, 6.07) is 0. The van der Waals surface area contributed by atoms with Crippen LogP contribution < -0.4 is 16.3 Å². The number of amides is 1. The molecule has 1 aliphatic heterocycles. The molecular weight excluding hydrogens is 278 g/mol. The molecule has 1 saturated carbocycles. The molecule has 3 N–H and O–H groups in total. The van der Waals surface area contributed by atoms with Gasteiger partial charge in [0.2, 0.25) is 5.91 Å². The van der Waals surface area contributed by atoms with Crippen LogP contribution in [0.4, 0.5) is 0 Å². The summed E-state index contributed by atoms with van der Waals surface area (Å²) < 4.78 is 0. The maximum Gasteiger partial charge on any atom is 0.223 e. The van der Waals surface area contributed by atoms with Gasteiger partial charge < -0.3 is 5.32 Å². The number of hydrazine groups is 1. The van der Waals surface area contributed by atoms with Gasteiger partial charge in [-0.15, -0.1) is 5.11 Å². The Morgan fingerprint density at radius 2 is 2.00 bits per heavy atom. The molecule has 6 nitrogen and oxygen atoms in total. The highest BCUT2D eigenvalue weighted by Gasteiger charge is 2.15. The molecule has 0 aromatic heterocycles. The van der Waals surface area contributed by atoms with E-state index in [1.165, 1.54) is 32.1 Å². The van der Waals surface area contributed by atoms with E-state index in [2.05, 4.69) is 26.6 Å². The summed E-state index contributed by atoms with van der Waals surface area (Å²) in [6.45, 7) is 2.82. The largest absolute Gasteiger partial charge is 0.356 e. The number of carbonyl (C=O) groups excluding carboxylic acids is 1. The zero-order valence-electron chi connectivity index (χ0n) is 13.3. The zero-order chi connectivity index (χ0) is 15.6. The first-order valence-electron chi connectivity index (χ1n) is 8.26. The van der Waals surface area contributed by atoms with Crippen LogP contribution in [0.15, 0.2) is 34.1 Å². The van der Waals surface area contributed by atoms with E-state index < -0.39 is 0 Å². The predicted octanol–water partition coefficient (Wildman–Crippen LogP) is 2.77. The lowest BCUT2D eigenvalue weighted by atomic mass is 9.89. The van der Waals surface area contributed by atoms with Crippen LogP contribution >= 0.6 is 0 Å². The summed E-state index contributed by atoms with van der Waals surface area (Å²) in [5.41, 5.74) is 6.70. The summed E-state index contributed by atoms with van der Waals surface area (Å²) in [6.07, 6.45) is 13.6. The average Bonchev–Trinajstić information content (AvgIpc) is 3.08. The van der Waals surface area contributed by atoms with Crippen molar-refractivity contribution in [2.45, 2.75) is 58.0 Å². The van der Waals surface area contributed by atoms with Crippen molar-refractivity contribution < 1.29 is 4.79 Å². The second kappa shape index (κ2) is 9.35. The summed E-state index contributed by atoms with van der Waals surface area (Å²) in [5, 5.41) is 10.8. The van der Waals surface area contributed by atoms with Crippen LogP contribution in [0, 0.1) is 5.92 Å². The van der Waals surface area contributed by atoms with Gasteiger partial charge in [-0.3, -0.25) is 4.79 Å². The first kappa shape index (κ1) is 16.7. The van der Waals surface area contributed by atoms with Gasteiger partial charge in [0, 0.05) is 13.0 Å². The molecule has 0 aromatic carbocycles. The minimum atomic E-state index is -0.102. The van der Waals surface area contributed by atoms with E-state index >= 15 is 0 Å². The smallest absolute Gasteiger partial charge is 0.223 e. The first-order chi connectivity index (χ1) is 10.8. The number of nitrogens with zero attached hydrogens (tertiary/aromatic N) is 2. The van der Waals surface area contributed by atoms with E-state index in [0.29, 0.717) is 12.3 Å². The van der Waals surface area contributed by atoms with E-state index in [1.54, 1.807) is 0 Å². The third kappa shape index (κ3) is 5.60. The van der Waals surface area contributed by atoms with Crippen molar-refractivity contribution in [2.24, 2.45) is 16.3 Å². The van der Waals surface area contributed by atoms with Crippen molar-refractivity contribution in [3.63, 3.8) is 0 Å². The Morgan fingerprint density at radius 1 is 1.23 bits per heavy atom. The van der Waals surface area contributed by atoms with Crippen molar-refractivity contribution >= 4 is 5.91 Å². The molecule has 1 fully saturated rings. The number of allylic oxidation sites excluding steroid dienone is 2. The number of nitrogens with one attached hydrogen (secondary N) is 3. The maximum absolute atomic E-state index is 11.8. The van der Waals surface area contributed by atoms with Gasteiger partial charge >= 0.3 is 0 Å². The first-order valence-corrected chi connectivity index (χ1v) is 8.26. The van der Waals surface area contributed by atoms with Gasteiger partial charge in [0.1, 0.15) is 0 Å². The third-order valence-electron chi connectivity index (χ3n) is 4.28. The molecule has 6 heteroatoms. The van der Waals surface area contributed by atoms with E-state index in [4.69, 9.17) is 0 Å². The third-order valence-corrected chi connectivity index (χ3v) is 4.28. The molecule has 22 heavy (non-hydrogen) atoms. The topological polar surface area (TPSA) is 77.9 Å². The van der Waals surface area contributed by atoms with Gasteiger partial charge in [-0.05, 0) is 37.7 Å². The average molecular weight is 305 g/mol. The Balaban J connectivity index is 1.61. The van der Waals surface area contributed by atoms with Crippen LogP contribution in [0.25, 0.3) is 0 Å². The van der Waals surface area contributed by atoms with Gasteiger partial charge in [-0.25, -0.2) is 5.53 Å². The summed E-state index contributed by atoms with van der Waals surface area (Å²) in [7, 11) is 0. The van der Waals surface area contributed by atoms with Gasteiger partial charge in [-0.1, -0.05) is 42.7 Å². The lowest BCUT2D eigenvalue weighted by Gasteiger charge is -2.21. The van der Waals surface area contributed by atoms with Crippen LogP contribution in [-0.2, 0) is 4.79 Å². The predicted molar refractivity (Wildman–Crippen MR) is 86.6 cm³/mol. The molecule has 0 aromatic rings. The molecule has 0 radical (unpaired) electrons.